The average molecular weight is 784 g/mol. The highest BCUT2D eigenvalue weighted by Gasteiger charge is 2.21. The van der Waals surface area contributed by atoms with Crippen LogP contribution in [0.3, 0.4) is 0 Å². The van der Waals surface area contributed by atoms with Crippen LogP contribution < -0.4 is 4.89 Å². The fourth-order valence-electron chi connectivity index (χ4n) is 5.79. The van der Waals surface area contributed by atoms with Gasteiger partial charge in [-0.15, -0.1) is 0 Å². The Balaban J connectivity index is 4.36. The molecule has 0 saturated heterocycles. The summed E-state index contributed by atoms with van der Waals surface area (Å²) in [6.07, 6.45) is 40.3. The highest BCUT2D eigenvalue weighted by Crippen LogP contribution is 2.38. The Hall–Kier alpha value is -1.77. The molecule has 0 amide bonds. The van der Waals surface area contributed by atoms with Crippen molar-refractivity contribution in [2.75, 3.05) is 47.5 Å². The van der Waals surface area contributed by atoms with Gasteiger partial charge in [0.05, 0.1) is 27.7 Å². The molecule has 2 unspecified atom stereocenters. The van der Waals surface area contributed by atoms with Gasteiger partial charge in [-0.2, -0.15) is 0 Å². The Labute approximate surface area is 331 Å². The fourth-order valence-corrected chi connectivity index (χ4v) is 6.51. The maximum Gasteiger partial charge on any atom is 0.306 e. The van der Waals surface area contributed by atoms with Gasteiger partial charge in [-0.1, -0.05) is 159 Å². The van der Waals surface area contributed by atoms with Crippen molar-refractivity contribution in [3.05, 3.63) is 36.5 Å². The molecule has 2 atom stereocenters. The maximum atomic E-state index is 12.6. The number of likely N-dealkylation sites (N-methyl/N-ethyl adjacent to an activating group) is 1. The summed E-state index contributed by atoms with van der Waals surface area (Å²) in [5.41, 5.74) is 0. The molecule has 0 aliphatic heterocycles. The molecule has 0 saturated carbocycles. The summed E-state index contributed by atoms with van der Waals surface area (Å²) < 4.78 is 33.8. The molecule has 0 rings (SSSR count). The lowest BCUT2D eigenvalue weighted by Gasteiger charge is -2.28. The van der Waals surface area contributed by atoms with Crippen LogP contribution in [0.2, 0.25) is 0 Å². The van der Waals surface area contributed by atoms with Crippen LogP contribution in [0.25, 0.3) is 0 Å². The van der Waals surface area contributed by atoms with Gasteiger partial charge in [0.1, 0.15) is 19.8 Å². The van der Waals surface area contributed by atoms with Crippen LogP contribution in [0.4, 0.5) is 0 Å². The topological polar surface area (TPSA) is 111 Å². The fraction of sp³-hybridized carbons (Fsp3) is 0.818. The van der Waals surface area contributed by atoms with E-state index in [-0.39, 0.29) is 26.1 Å². The van der Waals surface area contributed by atoms with Gasteiger partial charge in [-0.05, 0) is 44.9 Å². The molecule has 0 radical (unpaired) electrons. The second kappa shape index (κ2) is 36.8. The molecule has 0 heterocycles. The minimum atomic E-state index is -4.63. The molecule has 316 valence electrons. The molecule has 0 fully saturated rings. The standard InChI is InChI=1S/C44H82NO8P/c1-6-8-10-12-14-16-18-20-21-22-23-25-26-28-30-32-34-36-43(46)50-40-42(41-52-54(48,49)51-39-38-45(3,4)5)53-44(47)37-35-33-31-29-27-24-19-17-15-13-11-9-7-2/h9,11,15,17,24,27,42H,6-8,10,12-14,16,18-23,25-26,28-41H2,1-5H3/b11-9-,17-15-,27-24-. The van der Waals surface area contributed by atoms with Gasteiger partial charge in [0.15, 0.2) is 6.10 Å². The van der Waals surface area contributed by atoms with Crippen molar-refractivity contribution < 1.29 is 42.1 Å². The SMILES string of the molecule is CC/C=C\C/C=C\C/C=C\CCCCCC(=O)OC(COC(=O)CCCCCCCCCCCCCCCCCCC)COP(=O)([O-])OCC[N+](C)(C)C. The van der Waals surface area contributed by atoms with Gasteiger partial charge in [-0.25, -0.2) is 0 Å². The van der Waals surface area contributed by atoms with Crippen LogP contribution in [0.1, 0.15) is 181 Å². The van der Waals surface area contributed by atoms with E-state index in [0.717, 1.165) is 57.8 Å². The van der Waals surface area contributed by atoms with E-state index in [1.54, 1.807) is 0 Å². The number of esters is 2. The van der Waals surface area contributed by atoms with E-state index in [1.807, 2.05) is 21.1 Å². The van der Waals surface area contributed by atoms with E-state index in [1.165, 1.54) is 89.9 Å². The molecule has 0 bridgehead atoms. The van der Waals surface area contributed by atoms with Crippen molar-refractivity contribution in [2.24, 2.45) is 0 Å². The summed E-state index contributed by atoms with van der Waals surface area (Å²) in [7, 11) is 1.15. The molecule has 0 aromatic carbocycles. The Bertz CT molecular complexity index is 1020. The molecule has 0 N–H and O–H groups in total. The third-order valence-electron chi connectivity index (χ3n) is 9.17. The highest BCUT2D eigenvalue weighted by atomic mass is 31.2. The second-order valence-corrected chi connectivity index (χ2v) is 17.1. The van der Waals surface area contributed by atoms with E-state index in [9.17, 15) is 19.0 Å². The van der Waals surface area contributed by atoms with E-state index in [4.69, 9.17) is 18.5 Å². The molecular formula is C44H82NO8P. The summed E-state index contributed by atoms with van der Waals surface area (Å²) in [5, 5.41) is 0. The summed E-state index contributed by atoms with van der Waals surface area (Å²) in [4.78, 5) is 37.5. The van der Waals surface area contributed by atoms with Gasteiger partial charge < -0.3 is 27.9 Å². The normalized spacial score (nSPS) is 14.0. The van der Waals surface area contributed by atoms with Gasteiger partial charge in [-0.3, -0.25) is 14.2 Å². The minimum absolute atomic E-state index is 0.0361. The Morgan fingerprint density at radius 1 is 0.593 bits per heavy atom. The van der Waals surface area contributed by atoms with Gasteiger partial charge in [0.2, 0.25) is 0 Å². The van der Waals surface area contributed by atoms with Gasteiger partial charge >= 0.3 is 11.9 Å². The number of hydrogen-bond donors (Lipinski definition) is 0. The lowest BCUT2D eigenvalue weighted by atomic mass is 10.0. The minimum Gasteiger partial charge on any atom is -0.756 e. The molecule has 54 heavy (non-hydrogen) atoms. The number of allylic oxidation sites excluding steroid dienone is 6. The summed E-state index contributed by atoms with van der Waals surface area (Å²) in [6, 6.07) is 0. The number of quaternary nitrogens is 1. The van der Waals surface area contributed by atoms with Crippen LogP contribution in [0, 0.1) is 0 Å². The summed E-state index contributed by atoms with van der Waals surface area (Å²) >= 11 is 0. The van der Waals surface area contributed by atoms with Crippen molar-refractivity contribution >= 4 is 19.8 Å². The number of ether oxygens (including phenoxy) is 2. The number of carbonyl (C=O) groups excluding carboxylic acids is 2. The van der Waals surface area contributed by atoms with Crippen LogP contribution in [-0.2, 0) is 32.7 Å². The predicted molar refractivity (Wildman–Crippen MR) is 222 cm³/mol. The number of phosphoric ester groups is 1. The second-order valence-electron chi connectivity index (χ2n) is 15.7. The van der Waals surface area contributed by atoms with Crippen molar-refractivity contribution in [2.45, 2.75) is 187 Å². The monoisotopic (exact) mass is 784 g/mol. The number of phosphoric acid groups is 1. The number of hydrogen-bond acceptors (Lipinski definition) is 8. The molecule has 10 heteroatoms. The number of unbranched alkanes of at least 4 members (excludes halogenated alkanes) is 19. The van der Waals surface area contributed by atoms with Crippen LogP contribution in [0.15, 0.2) is 36.5 Å². The third kappa shape index (κ3) is 39.9. The first kappa shape index (κ1) is 52.2. The van der Waals surface area contributed by atoms with Crippen LogP contribution in [0.5, 0.6) is 0 Å². The average Bonchev–Trinajstić information content (AvgIpc) is 3.12. The molecule has 0 spiro atoms. The Morgan fingerprint density at radius 3 is 1.57 bits per heavy atom. The Morgan fingerprint density at radius 2 is 1.06 bits per heavy atom. The zero-order valence-corrected chi connectivity index (χ0v) is 36.3. The van der Waals surface area contributed by atoms with Crippen molar-refractivity contribution in [3.63, 3.8) is 0 Å². The molecule has 0 aromatic rings. The molecule has 0 aliphatic rings. The lowest BCUT2D eigenvalue weighted by molar-refractivity contribution is -0.870. The van der Waals surface area contributed by atoms with Crippen LogP contribution >= 0.6 is 7.82 Å². The lowest BCUT2D eigenvalue weighted by Crippen LogP contribution is -2.37. The zero-order valence-electron chi connectivity index (χ0n) is 35.4. The van der Waals surface area contributed by atoms with E-state index in [2.05, 4.69) is 50.3 Å². The van der Waals surface area contributed by atoms with Crippen molar-refractivity contribution in [3.8, 4) is 0 Å². The van der Waals surface area contributed by atoms with E-state index in [0.29, 0.717) is 17.4 Å². The summed E-state index contributed by atoms with van der Waals surface area (Å²) in [5.74, 6) is -0.865. The van der Waals surface area contributed by atoms with Crippen molar-refractivity contribution in [1.82, 2.24) is 0 Å². The zero-order chi connectivity index (χ0) is 40.0. The van der Waals surface area contributed by atoms with Gasteiger partial charge in [0.25, 0.3) is 7.82 Å². The first-order chi connectivity index (χ1) is 26.0. The molecular weight excluding hydrogens is 701 g/mol. The number of nitrogens with zero attached hydrogens (tertiary/aromatic N) is 1. The molecule has 9 nitrogen and oxygen atoms in total. The highest BCUT2D eigenvalue weighted by molar-refractivity contribution is 7.45. The molecule has 0 aromatic heterocycles. The first-order valence-electron chi connectivity index (χ1n) is 21.7. The third-order valence-corrected chi connectivity index (χ3v) is 10.1. The van der Waals surface area contributed by atoms with Crippen molar-refractivity contribution in [1.29, 1.82) is 0 Å². The van der Waals surface area contributed by atoms with E-state index < -0.39 is 32.5 Å². The van der Waals surface area contributed by atoms with Gasteiger partial charge in [0, 0.05) is 12.8 Å². The summed E-state index contributed by atoms with van der Waals surface area (Å²) in [6.45, 7) is 4.08. The van der Waals surface area contributed by atoms with E-state index >= 15 is 0 Å². The maximum absolute atomic E-state index is 12.6. The van der Waals surface area contributed by atoms with Crippen LogP contribution in [-0.4, -0.2) is 70.0 Å². The smallest absolute Gasteiger partial charge is 0.306 e. The largest absolute Gasteiger partial charge is 0.756 e. The first-order valence-corrected chi connectivity index (χ1v) is 23.2. The quantitative estimate of drug-likeness (QED) is 0.0199. The molecule has 0 aliphatic carbocycles. The number of carbonyl (C=O) groups is 2. The number of rotatable bonds is 39. The Kier molecular flexibility index (Phi) is 35.6. The predicted octanol–water partition coefficient (Wildman–Crippen LogP) is 11.5.